The topological polar surface area (TPSA) is 70.9 Å². The summed E-state index contributed by atoms with van der Waals surface area (Å²) in [4.78, 5) is 19.7. The Morgan fingerprint density at radius 1 is 1.36 bits per heavy atom. The largest absolute Gasteiger partial charge is 0.459 e. The van der Waals surface area contributed by atoms with E-state index in [1.54, 1.807) is 12.1 Å². The van der Waals surface area contributed by atoms with Crippen molar-refractivity contribution in [2.45, 2.75) is 26.2 Å². The highest BCUT2D eigenvalue weighted by Gasteiger charge is 2.09. The van der Waals surface area contributed by atoms with E-state index in [2.05, 4.69) is 35.2 Å². The number of aromatic nitrogens is 2. The van der Waals surface area contributed by atoms with Crippen molar-refractivity contribution in [3.63, 3.8) is 0 Å². The first kappa shape index (κ1) is 14.4. The average molecular weight is 297 g/mol. The summed E-state index contributed by atoms with van der Waals surface area (Å²) in [5.74, 6) is 1.53. The van der Waals surface area contributed by atoms with Gasteiger partial charge in [0.2, 0.25) is 0 Å². The van der Waals surface area contributed by atoms with Crippen LogP contribution in [0.25, 0.3) is 11.0 Å². The number of aromatic amines is 1. The molecule has 0 spiro atoms. The van der Waals surface area contributed by atoms with Crippen LogP contribution in [0.5, 0.6) is 0 Å². The van der Waals surface area contributed by atoms with Crippen LogP contribution in [0.1, 0.15) is 41.7 Å². The summed E-state index contributed by atoms with van der Waals surface area (Å²) in [5, 5.41) is 2.85. The van der Waals surface area contributed by atoms with Crippen LogP contribution < -0.4 is 5.32 Å². The molecule has 3 rings (SSSR count). The van der Waals surface area contributed by atoms with Crippen LogP contribution in [0, 0.1) is 0 Å². The summed E-state index contributed by atoms with van der Waals surface area (Å²) in [6, 6.07) is 9.51. The smallest absolute Gasteiger partial charge is 0.286 e. The van der Waals surface area contributed by atoms with E-state index in [0.29, 0.717) is 18.2 Å². The van der Waals surface area contributed by atoms with E-state index in [9.17, 15) is 4.79 Å². The summed E-state index contributed by atoms with van der Waals surface area (Å²) in [6.45, 7) is 4.79. The molecule has 3 aromatic rings. The highest BCUT2D eigenvalue weighted by atomic mass is 16.3. The fraction of sp³-hybridized carbons (Fsp3) is 0.294. The third-order valence-electron chi connectivity index (χ3n) is 3.56. The zero-order valence-electron chi connectivity index (χ0n) is 12.7. The van der Waals surface area contributed by atoms with Crippen LogP contribution in [0.4, 0.5) is 0 Å². The van der Waals surface area contributed by atoms with E-state index < -0.39 is 0 Å². The number of rotatable bonds is 5. The molecule has 0 aliphatic carbocycles. The predicted octanol–water partition coefficient (Wildman–Crippen LogP) is 3.25. The minimum Gasteiger partial charge on any atom is -0.459 e. The van der Waals surface area contributed by atoms with Crippen LogP contribution in [-0.2, 0) is 6.42 Å². The van der Waals surface area contributed by atoms with Crippen molar-refractivity contribution in [2.75, 3.05) is 6.54 Å². The molecule has 1 aromatic carbocycles. The van der Waals surface area contributed by atoms with Gasteiger partial charge >= 0.3 is 0 Å². The van der Waals surface area contributed by atoms with Gasteiger partial charge in [-0.3, -0.25) is 4.79 Å². The second-order valence-corrected chi connectivity index (χ2v) is 5.61. The molecule has 2 heterocycles. The Kier molecular flexibility index (Phi) is 3.96. The first-order valence-electron chi connectivity index (χ1n) is 7.44. The molecule has 2 aromatic heterocycles. The van der Waals surface area contributed by atoms with Gasteiger partial charge in [-0.1, -0.05) is 19.9 Å². The van der Waals surface area contributed by atoms with Gasteiger partial charge < -0.3 is 14.7 Å². The van der Waals surface area contributed by atoms with Crippen molar-refractivity contribution < 1.29 is 9.21 Å². The molecule has 0 radical (unpaired) electrons. The molecule has 0 aliphatic rings. The molecule has 0 fully saturated rings. The molecule has 5 nitrogen and oxygen atoms in total. The molecule has 114 valence electrons. The number of hydrogen-bond acceptors (Lipinski definition) is 3. The summed E-state index contributed by atoms with van der Waals surface area (Å²) >= 11 is 0. The maximum atomic E-state index is 11.8. The van der Waals surface area contributed by atoms with E-state index in [1.165, 1.54) is 6.26 Å². The molecule has 1 amide bonds. The molecule has 2 N–H and O–H groups in total. The van der Waals surface area contributed by atoms with Crippen molar-refractivity contribution in [2.24, 2.45) is 0 Å². The van der Waals surface area contributed by atoms with Crippen molar-refractivity contribution in [1.82, 2.24) is 15.3 Å². The van der Waals surface area contributed by atoms with Gasteiger partial charge in [-0.25, -0.2) is 4.98 Å². The standard InChI is InChI=1S/C17H19N3O2/c1-11(2)16-19-13-6-5-12(10-14(13)20-16)7-8-18-17(21)15-4-3-9-22-15/h3-6,9-11H,7-8H2,1-2H3,(H,18,21)(H,19,20). The quantitative estimate of drug-likeness (QED) is 0.759. The third kappa shape index (κ3) is 3.03. The normalized spacial score (nSPS) is 11.2. The number of furan rings is 1. The maximum Gasteiger partial charge on any atom is 0.286 e. The number of carbonyl (C=O) groups excluding carboxylic acids is 1. The van der Waals surface area contributed by atoms with Gasteiger partial charge in [0.15, 0.2) is 5.76 Å². The number of benzene rings is 1. The van der Waals surface area contributed by atoms with Gasteiger partial charge in [-0.05, 0) is 36.2 Å². The van der Waals surface area contributed by atoms with Crippen LogP contribution in [0.15, 0.2) is 41.0 Å². The lowest BCUT2D eigenvalue weighted by molar-refractivity contribution is 0.0926. The van der Waals surface area contributed by atoms with Crippen molar-refractivity contribution in [3.8, 4) is 0 Å². The summed E-state index contributed by atoms with van der Waals surface area (Å²) in [5.41, 5.74) is 3.18. The molecule has 0 bridgehead atoms. The van der Waals surface area contributed by atoms with Gasteiger partial charge in [0.25, 0.3) is 5.91 Å². The Hall–Kier alpha value is -2.56. The maximum absolute atomic E-state index is 11.8. The van der Waals surface area contributed by atoms with Crippen LogP contribution >= 0.6 is 0 Å². The highest BCUT2D eigenvalue weighted by molar-refractivity contribution is 5.91. The van der Waals surface area contributed by atoms with E-state index in [1.807, 2.05) is 12.1 Å². The van der Waals surface area contributed by atoms with E-state index >= 15 is 0 Å². The van der Waals surface area contributed by atoms with Crippen LogP contribution in [0.2, 0.25) is 0 Å². The Morgan fingerprint density at radius 3 is 2.95 bits per heavy atom. The first-order valence-corrected chi connectivity index (χ1v) is 7.44. The molecule has 0 saturated heterocycles. The zero-order valence-corrected chi connectivity index (χ0v) is 12.7. The van der Waals surface area contributed by atoms with Gasteiger partial charge in [0.1, 0.15) is 5.82 Å². The Balaban J connectivity index is 1.63. The lowest BCUT2D eigenvalue weighted by Gasteiger charge is -2.03. The van der Waals surface area contributed by atoms with Gasteiger partial charge in [-0.2, -0.15) is 0 Å². The molecule has 0 unspecified atom stereocenters. The van der Waals surface area contributed by atoms with Crippen molar-refractivity contribution in [1.29, 1.82) is 0 Å². The molecule has 0 saturated carbocycles. The lowest BCUT2D eigenvalue weighted by atomic mass is 10.1. The molecular formula is C17H19N3O2. The SMILES string of the molecule is CC(C)c1nc2ccc(CCNC(=O)c3ccco3)cc2[nH]1. The molecule has 0 aliphatic heterocycles. The number of H-pyrrole nitrogens is 1. The van der Waals surface area contributed by atoms with Crippen molar-refractivity contribution >= 4 is 16.9 Å². The Bertz CT molecular complexity index is 772. The monoisotopic (exact) mass is 297 g/mol. The Labute approximate surface area is 128 Å². The zero-order chi connectivity index (χ0) is 15.5. The number of hydrogen-bond donors (Lipinski definition) is 2. The Morgan fingerprint density at radius 2 is 2.23 bits per heavy atom. The number of amides is 1. The van der Waals surface area contributed by atoms with E-state index in [4.69, 9.17) is 4.42 Å². The second-order valence-electron chi connectivity index (χ2n) is 5.61. The van der Waals surface area contributed by atoms with Gasteiger partial charge in [0, 0.05) is 12.5 Å². The van der Waals surface area contributed by atoms with Crippen LogP contribution in [-0.4, -0.2) is 22.4 Å². The summed E-state index contributed by atoms with van der Waals surface area (Å²) in [7, 11) is 0. The van der Waals surface area contributed by atoms with Crippen LogP contribution in [0.3, 0.4) is 0 Å². The minimum absolute atomic E-state index is 0.185. The van der Waals surface area contributed by atoms with Gasteiger partial charge in [0.05, 0.1) is 17.3 Å². The first-order chi connectivity index (χ1) is 10.6. The molecular weight excluding hydrogens is 278 g/mol. The summed E-state index contributed by atoms with van der Waals surface area (Å²) in [6.07, 6.45) is 2.26. The highest BCUT2D eigenvalue weighted by Crippen LogP contribution is 2.18. The predicted molar refractivity (Wildman–Crippen MR) is 84.9 cm³/mol. The van der Waals surface area contributed by atoms with E-state index in [-0.39, 0.29) is 5.91 Å². The fourth-order valence-corrected chi connectivity index (χ4v) is 2.32. The fourth-order valence-electron chi connectivity index (χ4n) is 2.32. The van der Waals surface area contributed by atoms with E-state index in [0.717, 1.165) is 28.8 Å². The molecule has 0 atom stereocenters. The van der Waals surface area contributed by atoms with Gasteiger partial charge in [-0.15, -0.1) is 0 Å². The summed E-state index contributed by atoms with van der Waals surface area (Å²) < 4.78 is 5.06. The number of fused-ring (bicyclic) bond motifs is 1. The third-order valence-corrected chi connectivity index (χ3v) is 3.56. The number of nitrogens with one attached hydrogen (secondary N) is 2. The number of imidazole rings is 1. The van der Waals surface area contributed by atoms with Crippen molar-refractivity contribution in [3.05, 3.63) is 53.7 Å². The molecule has 5 heteroatoms. The number of carbonyl (C=O) groups is 1. The lowest BCUT2D eigenvalue weighted by Crippen LogP contribution is -2.25. The second kappa shape index (κ2) is 6.05. The minimum atomic E-state index is -0.185. The number of nitrogens with zero attached hydrogens (tertiary/aromatic N) is 1. The molecule has 22 heavy (non-hydrogen) atoms. The average Bonchev–Trinajstić information content (AvgIpc) is 3.16.